The van der Waals surface area contributed by atoms with Gasteiger partial charge in [0.25, 0.3) is 11.8 Å². The molecular formula is C17H15N3O6. The normalized spacial score (nSPS) is 29.6. The standard InChI is InChI=1S/C17H15N3O6/c21-12-6-13(22)11(20(25)26)5-10(12)7-18-19-16(23)14-8-1-2-9(4-3-8)15(14)17(19)24/h1-2,5-9,14-15,21-22H,3-4H2/b18-7+/t8-,9+,14-,15+. The zero-order valence-electron chi connectivity index (χ0n) is 13.5. The van der Waals surface area contributed by atoms with E-state index in [1.54, 1.807) is 0 Å². The summed E-state index contributed by atoms with van der Waals surface area (Å²) < 4.78 is 0. The summed E-state index contributed by atoms with van der Waals surface area (Å²) in [5.41, 5.74) is -0.690. The predicted octanol–water partition coefficient (Wildman–Crippen LogP) is 1.54. The predicted molar refractivity (Wildman–Crippen MR) is 88.2 cm³/mol. The fourth-order valence-electron chi connectivity index (χ4n) is 4.12. The van der Waals surface area contributed by atoms with Gasteiger partial charge < -0.3 is 10.2 Å². The molecule has 1 aliphatic heterocycles. The van der Waals surface area contributed by atoms with Gasteiger partial charge in [0.15, 0.2) is 5.75 Å². The number of fused-ring (bicyclic) bond motifs is 1. The van der Waals surface area contributed by atoms with Crippen LogP contribution in [0.4, 0.5) is 5.69 Å². The van der Waals surface area contributed by atoms with Gasteiger partial charge >= 0.3 is 5.69 Å². The molecule has 9 heteroatoms. The molecule has 3 aliphatic carbocycles. The third-order valence-electron chi connectivity index (χ3n) is 5.37. The minimum absolute atomic E-state index is 0.0322. The number of hydrogen-bond acceptors (Lipinski definition) is 7. The van der Waals surface area contributed by atoms with Crippen molar-refractivity contribution >= 4 is 23.7 Å². The lowest BCUT2D eigenvalue weighted by Crippen LogP contribution is -2.38. The van der Waals surface area contributed by atoms with E-state index in [0.717, 1.165) is 36.2 Å². The highest BCUT2D eigenvalue weighted by molar-refractivity contribution is 6.06. The Balaban J connectivity index is 1.64. The van der Waals surface area contributed by atoms with Crippen molar-refractivity contribution in [3.05, 3.63) is 40.0 Å². The average molecular weight is 357 g/mol. The highest BCUT2D eigenvalue weighted by atomic mass is 16.6. The summed E-state index contributed by atoms with van der Waals surface area (Å²) >= 11 is 0. The summed E-state index contributed by atoms with van der Waals surface area (Å²) in [6.45, 7) is 0. The minimum Gasteiger partial charge on any atom is -0.507 e. The largest absolute Gasteiger partial charge is 0.507 e. The third kappa shape index (κ3) is 2.27. The molecule has 0 radical (unpaired) electrons. The van der Waals surface area contributed by atoms with E-state index in [0.29, 0.717) is 0 Å². The number of allylic oxidation sites excluding steroid dienone is 2. The van der Waals surface area contributed by atoms with Crippen LogP contribution < -0.4 is 0 Å². The second kappa shape index (κ2) is 5.65. The molecule has 2 bridgehead atoms. The maximum Gasteiger partial charge on any atom is 0.311 e. The molecule has 26 heavy (non-hydrogen) atoms. The summed E-state index contributed by atoms with van der Waals surface area (Å²) in [4.78, 5) is 35.3. The van der Waals surface area contributed by atoms with Gasteiger partial charge in [-0.2, -0.15) is 10.1 Å². The molecule has 1 heterocycles. The molecule has 5 rings (SSSR count). The van der Waals surface area contributed by atoms with Crippen LogP contribution >= 0.6 is 0 Å². The van der Waals surface area contributed by atoms with Gasteiger partial charge in [0.2, 0.25) is 0 Å². The number of carbonyl (C=O) groups is 2. The van der Waals surface area contributed by atoms with Crippen LogP contribution in [0, 0.1) is 33.8 Å². The number of phenolic OH excluding ortho intramolecular Hbond substituents is 2. The number of benzene rings is 1. The van der Waals surface area contributed by atoms with Crippen LogP contribution in [-0.4, -0.2) is 38.2 Å². The van der Waals surface area contributed by atoms with E-state index < -0.39 is 33.9 Å². The molecule has 0 unspecified atom stereocenters. The molecule has 2 N–H and O–H groups in total. The molecule has 0 spiro atoms. The minimum atomic E-state index is -0.809. The fourth-order valence-corrected chi connectivity index (χ4v) is 4.12. The van der Waals surface area contributed by atoms with Crippen LogP contribution in [-0.2, 0) is 9.59 Å². The Hall–Kier alpha value is -3.23. The topological polar surface area (TPSA) is 133 Å². The van der Waals surface area contributed by atoms with E-state index in [9.17, 15) is 29.9 Å². The van der Waals surface area contributed by atoms with Gasteiger partial charge in [-0.25, -0.2) is 0 Å². The number of hydrazone groups is 1. The number of aromatic hydroxyl groups is 2. The van der Waals surface area contributed by atoms with Gasteiger partial charge in [-0.15, -0.1) is 0 Å². The Bertz CT molecular complexity index is 861. The number of amides is 2. The van der Waals surface area contributed by atoms with Crippen LogP contribution in [0.15, 0.2) is 29.4 Å². The van der Waals surface area contributed by atoms with Gasteiger partial charge in [-0.05, 0) is 24.7 Å². The van der Waals surface area contributed by atoms with Gasteiger partial charge in [-0.3, -0.25) is 19.7 Å². The Labute approximate surface area is 147 Å². The molecule has 2 amide bonds. The second-order valence-corrected chi connectivity index (χ2v) is 6.73. The Morgan fingerprint density at radius 2 is 1.65 bits per heavy atom. The lowest BCUT2D eigenvalue weighted by atomic mass is 9.63. The second-order valence-electron chi connectivity index (χ2n) is 6.73. The molecule has 1 aromatic carbocycles. The molecule has 4 atom stereocenters. The van der Waals surface area contributed by atoms with Gasteiger partial charge in [0, 0.05) is 17.7 Å². The zero-order chi connectivity index (χ0) is 18.6. The lowest BCUT2D eigenvalue weighted by Gasteiger charge is -2.37. The van der Waals surface area contributed by atoms with Crippen molar-refractivity contribution in [2.45, 2.75) is 12.8 Å². The summed E-state index contributed by atoms with van der Waals surface area (Å²) in [5.74, 6) is -2.67. The highest BCUT2D eigenvalue weighted by Crippen LogP contribution is 2.49. The van der Waals surface area contributed by atoms with Crippen molar-refractivity contribution < 1.29 is 24.7 Å². The quantitative estimate of drug-likeness (QED) is 0.277. The van der Waals surface area contributed by atoms with E-state index in [4.69, 9.17) is 0 Å². The van der Waals surface area contributed by atoms with Crippen LogP contribution in [0.25, 0.3) is 0 Å². The molecule has 134 valence electrons. The first-order valence-corrected chi connectivity index (χ1v) is 8.19. The lowest BCUT2D eigenvalue weighted by molar-refractivity contribution is -0.385. The van der Waals surface area contributed by atoms with E-state index in [1.807, 2.05) is 12.2 Å². The molecule has 4 aliphatic rings. The summed E-state index contributed by atoms with van der Waals surface area (Å²) in [7, 11) is 0. The van der Waals surface area contributed by atoms with E-state index in [-0.39, 0.29) is 29.2 Å². The van der Waals surface area contributed by atoms with Crippen molar-refractivity contribution in [1.29, 1.82) is 0 Å². The smallest absolute Gasteiger partial charge is 0.311 e. The fraction of sp³-hybridized carbons (Fsp3) is 0.353. The van der Waals surface area contributed by atoms with Gasteiger partial charge in [0.05, 0.1) is 23.0 Å². The number of imide groups is 1. The molecule has 1 saturated heterocycles. The molecule has 2 fully saturated rings. The number of nitro groups is 1. The molecule has 1 saturated carbocycles. The van der Waals surface area contributed by atoms with Crippen molar-refractivity contribution in [3.8, 4) is 11.5 Å². The Kier molecular flexibility index (Phi) is 3.53. The van der Waals surface area contributed by atoms with E-state index in [1.165, 1.54) is 0 Å². The van der Waals surface area contributed by atoms with Gasteiger partial charge in [-0.1, -0.05) is 12.2 Å². The van der Waals surface area contributed by atoms with E-state index >= 15 is 0 Å². The third-order valence-corrected chi connectivity index (χ3v) is 5.37. The maximum atomic E-state index is 12.6. The summed E-state index contributed by atoms with van der Waals surface area (Å²) in [6, 6.07) is 1.74. The van der Waals surface area contributed by atoms with Crippen LogP contribution in [0.2, 0.25) is 0 Å². The van der Waals surface area contributed by atoms with Crippen molar-refractivity contribution in [2.75, 3.05) is 0 Å². The Morgan fingerprint density at radius 1 is 1.08 bits per heavy atom. The number of carbonyl (C=O) groups excluding carboxylic acids is 2. The first kappa shape index (κ1) is 16.2. The van der Waals surface area contributed by atoms with Crippen LogP contribution in [0.5, 0.6) is 11.5 Å². The van der Waals surface area contributed by atoms with Gasteiger partial charge in [0.1, 0.15) is 5.75 Å². The zero-order valence-corrected chi connectivity index (χ0v) is 13.5. The maximum absolute atomic E-state index is 12.6. The average Bonchev–Trinajstić information content (AvgIpc) is 2.88. The summed E-state index contributed by atoms with van der Waals surface area (Å²) in [6.07, 6.45) is 6.73. The van der Waals surface area contributed by atoms with Crippen molar-refractivity contribution in [1.82, 2.24) is 5.01 Å². The number of nitrogens with zero attached hydrogens (tertiary/aromatic N) is 3. The number of rotatable bonds is 3. The molecular weight excluding hydrogens is 342 g/mol. The molecule has 9 nitrogen and oxygen atoms in total. The number of hydrogen-bond donors (Lipinski definition) is 2. The van der Waals surface area contributed by atoms with Crippen LogP contribution in [0.3, 0.4) is 0 Å². The van der Waals surface area contributed by atoms with E-state index in [2.05, 4.69) is 5.10 Å². The Morgan fingerprint density at radius 3 is 2.15 bits per heavy atom. The monoisotopic (exact) mass is 357 g/mol. The number of phenols is 2. The summed E-state index contributed by atoms with van der Waals surface area (Å²) in [5, 5.41) is 34.9. The first-order chi connectivity index (χ1) is 12.4. The van der Waals surface area contributed by atoms with Crippen LogP contribution in [0.1, 0.15) is 18.4 Å². The number of nitro benzene ring substituents is 1. The molecule has 1 aromatic rings. The SMILES string of the molecule is O=C1[C@@H]2[C@H](C(=O)N1/N=C/c1cc([N+](=O)[O-])c(O)cc1O)[C@@H]1C=C[C@H]2CC1. The highest BCUT2D eigenvalue weighted by Gasteiger charge is 2.56. The first-order valence-electron chi connectivity index (χ1n) is 8.19. The molecule has 0 aromatic heterocycles. The van der Waals surface area contributed by atoms with Crippen molar-refractivity contribution in [3.63, 3.8) is 0 Å². The van der Waals surface area contributed by atoms with Crippen molar-refractivity contribution in [2.24, 2.45) is 28.8 Å².